The van der Waals surface area contributed by atoms with E-state index >= 15 is 0 Å². The fourth-order valence-electron chi connectivity index (χ4n) is 5.23. The van der Waals surface area contributed by atoms with Crippen LogP contribution in [0.3, 0.4) is 0 Å². The van der Waals surface area contributed by atoms with Gasteiger partial charge in [-0.3, -0.25) is 4.68 Å². The first-order valence-corrected chi connectivity index (χ1v) is 16.6. The Kier molecular flexibility index (Phi) is 11.5. The van der Waals surface area contributed by atoms with Crippen molar-refractivity contribution in [3.05, 3.63) is 81.7 Å². The molecular weight excluding hydrogens is 693 g/mol. The quantitative estimate of drug-likeness (QED) is 0.116. The van der Waals surface area contributed by atoms with Crippen LogP contribution in [-0.4, -0.2) is 75.2 Å². The molecule has 15 heteroatoms. The molecule has 10 nitrogen and oxygen atoms in total. The Morgan fingerprint density at radius 1 is 1.14 bits per heavy atom. The van der Waals surface area contributed by atoms with Gasteiger partial charge in [-0.25, -0.2) is 14.8 Å². The summed E-state index contributed by atoms with van der Waals surface area (Å²) in [6, 6.07) is 10.7. The van der Waals surface area contributed by atoms with Gasteiger partial charge < -0.3 is 24.8 Å². The number of likely N-dealkylation sites (N-methyl/N-ethyl adjacent to an activating group) is 1. The first kappa shape index (κ1) is 36.4. The van der Waals surface area contributed by atoms with E-state index in [-0.39, 0.29) is 24.5 Å². The molecule has 50 heavy (non-hydrogen) atoms. The van der Waals surface area contributed by atoms with Gasteiger partial charge in [0.05, 0.1) is 21.0 Å². The van der Waals surface area contributed by atoms with Crippen molar-refractivity contribution in [1.29, 1.82) is 0 Å². The molecule has 0 saturated carbocycles. The zero-order valence-corrected chi connectivity index (χ0v) is 29.2. The second-order valence-corrected chi connectivity index (χ2v) is 12.9. The molecule has 0 saturated heterocycles. The molecule has 2 aromatic carbocycles. The topological polar surface area (TPSA) is 115 Å². The van der Waals surface area contributed by atoms with Crippen LogP contribution in [0.5, 0.6) is 11.5 Å². The number of para-hydroxylation sites is 1. The maximum atomic E-state index is 13.0. The summed E-state index contributed by atoms with van der Waals surface area (Å²) in [6.45, 7) is 3.32. The van der Waals surface area contributed by atoms with Gasteiger partial charge in [-0.05, 0) is 62.8 Å². The Bertz CT molecular complexity index is 2050. The van der Waals surface area contributed by atoms with E-state index in [9.17, 15) is 23.1 Å². The lowest BCUT2D eigenvalue weighted by atomic mass is 9.97. The molecule has 1 unspecified atom stereocenters. The number of alkyl halides is 3. The lowest BCUT2D eigenvalue weighted by Gasteiger charge is -2.19. The summed E-state index contributed by atoms with van der Waals surface area (Å²) in [4.78, 5) is 24.9. The first-order chi connectivity index (χ1) is 23.9. The average Bonchev–Trinajstić information content (AvgIpc) is 3.65. The number of ether oxygens (including phenoxy) is 2. The van der Waals surface area contributed by atoms with E-state index in [1.165, 1.54) is 29.9 Å². The molecule has 0 bridgehead atoms. The van der Waals surface area contributed by atoms with Gasteiger partial charge in [-0.1, -0.05) is 41.8 Å². The third-order valence-electron chi connectivity index (χ3n) is 7.66. The van der Waals surface area contributed by atoms with Crippen LogP contribution in [0.25, 0.3) is 21.3 Å². The van der Waals surface area contributed by atoms with Crippen molar-refractivity contribution in [1.82, 2.24) is 24.6 Å². The molecule has 3 heterocycles. The number of nitrogens with zero attached hydrogens (tertiary/aromatic N) is 5. The minimum Gasteiger partial charge on any atom is -0.491 e. The van der Waals surface area contributed by atoms with Gasteiger partial charge >= 0.3 is 12.1 Å². The highest BCUT2D eigenvalue weighted by Crippen LogP contribution is 2.44. The number of thiophene rings is 1. The van der Waals surface area contributed by atoms with Crippen molar-refractivity contribution >= 4 is 44.9 Å². The standard InChI is InChI=1S/C35H34ClF3N6O4S/c1-5-8-28-29(24-11-12-27(31(36)21(24)2)48-16-15-44(3)4)30-32(40-20-41-33(30)50-28)43-25(34(46)47)17-22-9-6-7-10-26(22)49-18-23-13-14-42-45(23)19-35(37,38)39/h6-7,9-14,20,25H,15-19H2,1-4H3,(H,46,47)(H,40,41,43). The second kappa shape index (κ2) is 15.8. The van der Waals surface area contributed by atoms with Crippen LogP contribution >= 0.6 is 22.9 Å². The number of anilines is 1. The van der Waals surface area contributed by atoms with E-state index in [1.54, 1.807) is 37.3 Å². The number of benzene rings is 2. The van der Waals surface area contributed by atoms with Gasteiger partial charge in [0.2, 0.25) is 0 Å². The normalized spacial score (nSPS) is 12.1. The Balaban J connectivity index is 1.46. The number of carbonyl (C=O) groups is 1. The lowest BCUT2D eigenvalue weighted by molar-refractivity contribution is -0.143. The van der Waals surface area contributed by atoms with Crippen LogP contribution in [0.4, 0.5) is 19.0 Å². The number of hydrogen-bond acceptors (Lipinski definition) is 9. The van der Waals surface area contributed by atoms with Crippen molar-refractivity contribution in [2.45, 2.75) is 45.6 Å². The van der Waals surface area contributed by atoms with Crippen LogP contribution in [0.1, 0.15) is 28.6 Å². The van der Waals surface area contributed by atoms with Crippen LogP contribution < -0.4 is 14.8 Å². The van der Waals surface area contributed by atoms with E-state index in [4.69, 9.17) is 21.1 Å². The highest BCUT2D eigenvalue weighted by Gasteiger charge is 2.30. The summed E-state index contributed by atoms with van der Waals surface area (Å²) >= 11 is 8.17. The molecule has 3 aromatic heterocycles. The molecular formula is C35H34ClF3N6O4S. The fraction of sp³-hybridized carbons (Fsp3) is 0.314. The zero-order chi connectivity index (χ0) is 36.0. The summed E-state index contributed by atoms with van der Waals surface area (Å²) in [6.07, 6.45) is -1.87. The molecule has 5 aromatic rings. The number of hydrogen-bond donors (Lipinski definition) is 2. The van der Waals surface area contributed by atoms with Crippen LogP contribution in [-0.2, 0) is 24.4 Å². The smallest absolute Gasteiger partial charge is 0.408 e. The minimum atomic E-state index is -4.45. The molecule has 0 radical (unpaired) electrons. The van der Waals surface area contributed by atoms with E-state index < -0.39 is 24.7 Å². The van der Waals surface area contributed by atoms with Crippen molar-refractivity contribution in [2.75, 3.05) is 32.6 Å². The van der Waals surface area contributed by atoms with Gasteiger partial charge in [0, 0.05) is 24.7 Å². The summed E-state index contributed by atoms with van der Waals surface area (Å²) in [5.41, 5.74) is 2.97. The predicted octanol–water partition coefficient (Wildman–Crippen LogP) is 7.08. The molecule has 262 valence electrons. The van der Waals surface area contributed by atoms with Crippen molar-refractivity contribution in [3.63, 3.8) is 0 Å². The Hall–Kier alpha value is -4.84. The van der Waals surface area contributed by atoms with Gasteiger partial charge in [-0.15, -0.1) is 17.3 Å². The van der Waals surface area contributed by atoms with E-state index in [0.29, 0.717) is 55.9 Å². The average molecular weight is 727 g/mol. The van der Waals surface area contributed by atoms with Gasteiger partial charge in [-0.2, -0.15) is 18.3 Å². The molecule has 2 N–H and O–H groups in total. The van der Waals surface area contributed by atoms with Gasteiger partial charge in [0.25, 0.3) is 0 Å². The summed E-state index contributed by atoms with van der Waals surface area (Å²) < 4.78 is 51.7. The zero-order valence-electron chi connectivity index (χ0n) is 27.6. The highest BCUT2D eigenvalue weighted by atomic mass is 35.5. The van der Waals surface area contributed by atoms with Crippen molar-refractivity contribution < 1.29 is 32.5 Å². The molecule has 5 rings (SSSR count). The third-order valence-corrected chi connectivity index (χ3v) is 9.14. The monoisotopic (exact) mass is 726 g/mol. The maximum Gasteiger partial charge on any atom is 0.408 e. The number of rotatable bonds is 14. The van der Waals surface area contributed by atoms with Crippen molar-refractivity contribution in [2.24, 2.45) is 0 Å². The summed E-state index contributed by atoms with van der Waals surface area (Å²) in [5.74, 6) is 6.11. The van der Waals surface area contributed by atoms with E-state index in [2.05, 4.69) is 32.2 Å². The predicted molar refractivity (Wildman–Crippen MR) is 187 cm³/mol. The Labute approximate surface area is 295 Å². The Morgan fingerprint density at radius 2 is 1.92 bits per heavy atom. The number of nitrogens with one attached hydrogen (secondary N) is 1. The maximum absolute atomic E-state index is 13.0. The number of aliphatic carboxylic acids is 1. The lowest BCUT2D eigenvalue weighted by Crippen LogP contribution is -2.32. The molecule has 0 spiro atoms. The first-order valence-electron chi connectivity index (χ1n) is 15.4. The molecule has 0 aliphatic rings. The van der Waals surface area contributed by atoms with E-state index in [1.807, 2.05) is 32.0 Å². The number of aromatic nitrogens is 4. The fourth-order valence-corrected chi connectivity index (χ4v) is 6.51. The third kappa shape index (κ3) is 8.65. The number of fused-ring (bicyclic) bond motifs is 1. The van der Waals surface area contributed by atoms with Crippen LogP contribution in [0.2, 0.25) is 5.02 Å². The number of carboxylic acid groups (broad SMARTS) is 1. The summed E-state index contributed by atoms with van der Waals surface area (Å²) in [7, 11) is 3.91. The van der Waals surface area contributed by atoms with Crippen LogP contribution in [0.15, 0.2) is 55.0 Å². The molecule has 0 aliphatic heterocycles. The minimum absolute atomic E-state index is 0.0379. The Morgan fingerprint density at radius 3 is 2.64 bits per heavy atom. The largest absolute Gasteiger partial charge is 0.491 e. The molecule has 0 fully saturated rings. The van der Waals surface area contributed by atoms with Gasteiger partial charge in [0.15, 0.2) is 0 Å². The SMILES string of the molecule is CC#Cc1sc2ncnc(NC(Cc3ccccc3OCc3ccnn3CC(F)(F)F)C(=O)O)c2c1-c1ccc(OCCN(C)C)c(Cl)c1C. The van der Waals surface area contributed by atoms with Gasteiger partial charge in [0.1, 0.15) is 54.3 Å². The van der Waals surface area contributed by atoms with Crippen molar-refractivity contribution in [3.8, 4) is 34.5 Å². The number of halogens is 4. The summed E-state index contributed by atoms with van der Waals surface area (Å²) in [5, 5.41) is 18.2. The second-order valence-electron chi connectivity index (χ2n) is 11.5. The van der Waals surface area contributed by atoms with E-state index in [0.717, 1.165) is 15.8 Å². The molecule has 0 amide bonds. The molecule has 0 aliphatic carbocycles. The highest BCUT2D eigenvalue weighted by molar-refractivity contribution is 7.19. The molecule has 1 atom stereocenters. The number of carboxylic acids is 1. The van der Waals surface area contributed by atoms with Crippen LogP contribution in [0, 0.1) is 18.8 Å².